The highest BCUT2D eigenvalue weighted by Gasteiger charge is 2.36. The number of carbonyl (C=O) groups is 2. The van der Waals surface area contributed by atoms with E-state index < -0.39 is 11.9 Å². The Labute approximate surface area is 92.5 Å². The quantitative estimate of drug-likeness (QED) is 0.708. The second-order valence-electron chi connectivity index (χ2n) is 3.83. The molecule has 1 fully saturated rings. The largest absolute Gasteiger partial charge is 0.481 e. The number of benzene rings is 1. The van der Waals surface area contributed by atoms with E-state index >= 15 is 0 Å². The predicted molar refractivity (Wildman–Crippen MR) is 57.9 cm³/mol. The molecule has 1 heterocycles. The number of carboxylic acids is 1. The molecule has 1 saturated heterocycles. The average molecular weight is 220 g/mol. The number of rotatable bonds is 2. The van der Waals surface area contributed by atoms with E-state index in [2.05, 4.69) is 0 Å². The summed E-state index contributed by atoms with van der Waals surface area (Å²) < 4.78 is 0. The monoisotopic (exact) mass is 220 g/mol. The van der Waals surface area contributed by atoms with Crippen LogP contribution < -0.4 is 5.73 Å². The van der Waals surface area contributed by atoms with E-state index in [9.17, 15) is 9.59 Å². The Bertz CT molecular complexity index is 439. The number of aliphatic carboxylic acids is 1. The van der Waals surface area contributed by atoms with Crippen LogP contribution in [0.4, 0.5) is 5.69 Å². The third-order valence-corrected chi connectivity index (χ3v) is 2.71. The van der Waals surface area contributed by atoms with Gasteiger partial charge in [0.25, 0.3) is 5.91 Å². The van der Waals surface area contributed by atoms with Crippen molar-refractivity contribution in [3.8, 4) is 0 Å². The molecule has 1 aliphatic heterocycles. The van der Waals surface area contributed by atoms with Crippen LogP contribution in [0.15, 0.2) is 24.3 Å². The number of nitrogens with two attached hydrogens (primary N) is 1. The fourth-order valence-electron chi connectivity index (χ4n) is 1.66. The Morgan fingerprint density at radius 1 is 1.31 bits per heavy atom. The number of carboxylic acid groups (broad SMARTS) is 1. The maximum atomic E-state index is 11.9. The molecule has 5 nitrogen and oxygen atoms in total. The first-order valence-electron chi connectivity index (χ1n) is 4.96. The van der Waals surface area contributed by atoms with Gasteiger partial charge < -0.3 is 15.7 Å². The van der Waals surface area contributed by atoms with E-state index in [4.69, 9.17) is 10.8 Å². The fraction of sp³-hybridized carbons (Fsp3) is 0.273. The molecule has 16 heavy (non-hydrogen) atoms. The normalized spacial score (nSPS) is 15.6. The van der Waals surface area contributed by atoms with Crippen LogP contribution in [-0.2, 0) is 4.79 Å². The van der Waals surface area contributed by atoms with Crippen LogP contribution in [0.25, 0.3) is 0 Å². The van der Waals surface area contributed by atoms with Crippen LogP contribution in [0.5, 0.6) is 0 Å². The van der Waals surface area contributed by atoms with Gasteiger partial charge in [-0.2, -0.15) is 0 Å². The SMILES string of the molecule is Nc1ccccc1C(=O)N1CC(C(=O)O)C1. The molecule has 0 radical (unpaired) electrons. The molecule has 0 aromatic heterocycles. The Morgan fingerprint density at radius 3 is 2.50 bits per heavy atom. The summed E-state index contributed by atoms with van der Waals surface area (Å²) in [4.78, 5) is 24.0. The maximum Gasteiger partial charge on any atom is 0.310 e. The molecule has 0 bridgehead atoms. The predicted octanol–water partition coefficient (Wildman–Crippen LogP) is 0.425. The summed E-state index contributed by atoms with van der Waals surface area (Å²) in [7, 11) is 0. The van der Waals surface area contributed by atoms with Gasteiger partial charge in [0, 0.05) is 18.8 Å². The van der Waals surface area contributed by atoms with E-state index in [1.54, 1.807) is 24.3 Å². The second kappa shape index (κ2) is 3.84. The molecule has 1 aromatic rings. The number of hydrogen-bond donors (Lipinski definition) is 2. The van der Waals surface area contributed by atoms with Crippen molar-refractivity contribution in [3.63, 3.8) is 0 Å². The molecule has 1 aliphatic rings. The lowest BCUT2D eigenvalue weighted by molar-refractivity contribution is -0.146. The zero-order chi connectivity index (χ0) is 11.7. The smallest absolute Gasteiger partial charge is 0.310 e. The van der Waals surface area contributed by atoms with Gasteiger partial charge in [-0.15, -0.1) is 0 Å². The second-order valence-corrected chi connectivity index (χ2v) is 3.83. The van der Waals surface area contributed by atoms with Crippen LogP contribution in [0.1, 0.15) is 10.4 Å². The van der Waals surface area contributed by atoms with Crippen molar-refractivity contribution in [3.05, 3.63) is 29.8 Å². The maximum absolute atomic E-state index is 11.9. The molecule has 0 aliphatic carbocycles. The minimum absolute atomic E-state index is 0.199. The highest BCUT2D eigenvalue weighted by Crippen LogP contribution is 2.21. The molecule has 84 valence electrons. The molecule has 0 unspecified atom stereocenters. The van der Waals surface area contributed by atoms with Gasteiger partial charge in [-0.25, -0.2) is 0 Å². The van der Waals surface area contributed by atoms with Gasteiger partial charge in [0.1, 0.15) is 0 Å². The minimum Gasteiger partial charge on any atom is -0.481 e. The molecular formula is C11H12N2O3. The van der Waals surface area contributed by atoms with Crippen LogP contribution in [0.3, 0.4) is 0 Å². The number of carbonyl (C=O) groups excluding carboxylic acids is 1. The van der Waals surface area contributed by atoms with Gasteiger partial charge in [-0.05, 0) is 12.1 Å². The average Bonchev–Trinajstić information content (AvgIpc) is 2.15. The number of anilines is 1. The Kier molecular flexibility index (Phi) is 2.52. The molecule has 1 amide bonds. The molecule has 1 aromatic carbocycles. The van der Waals surface area contributed by atoms with E-state index in [-0.39, 0.29) is 19.0 Å². The van der Waals surface area contributed by atoms with E-state index in [1.165, 1.54) is 4.90 Å². The van der Waals surface area contributed by atoms with Crippen LogP contribution in [0, 0.1) is 5.92 Å². The standard InChI is InChI=1S/C11H12N2O3/c12-9-4-2-1-3-8(9)10(14)13-5-7(6-13)11(15)16/h1-4,7H,5-6,12H2,(H,15,16). The highest BCUT2D eigenvalue weighted by molar-refractivity contribution is 6.00. The van der Waals surface area contributed by atoms with Gasteiger partial charge in [0.05, 0.1) is 11.5 Å². The van der Waals surface area contributed by atoms with Crippen molar-refractivity contribution in [1.82, 2.24) is 4.90 Å². The van der Waals surface area contributed by atoms with Crippen LogP contribution in [0.2, 0.25) is 0 Å². The number of nitrogens with zero attached hydrogens (tertiary/aromatic N) is 1. The molecule has 3 N–H and O–H groups in total. The summed E-state index contributed by atoms with van der Waals surface area (Å²) >= 11 is 0. The van der Waals surface area contributed by atoms with Crippen LogP contribution in [-0.4, -0.2) is 35.0 Å². The zero-order valence-electron chi connectivity index (χ0n) is 8.59. The summed E-state index contributed by atoms with van der Waals surface area (Å²) in [6.45, 7) is 0.533. The van der Waals surface area contributed by atoms with E-state index in [0.717, 1.165) is 0 Å². The van der Waals surface area contributed by atoms with Crippen LogP contribution >= 0.6 is 0 Å². The van der Waals surface area contributed by atoms with E-state index in [1.807, 2.05) is 0 Å². The molecule has 5 heteroatoms. The Morgan fingerprint density at radius 2 is 1.94 bits per heavy atom. The molecular weight excluding hydrogens is 208 g/mol. The molecule has 2 rings (SSSR count). The topological polar surface area (TPSA) is 83.6 Å². The van der Waals surface area contributed by atoms with Crippen molar-refractivity contribution < 1.29 is 14.7 Å². The lowest BCUT2D eigenvalue weighted by Gasteiger charge is -2.36. The first-order chi connectivity index (χ1) is 7.59. The van der Waals surface area contributed by atoms with Crippen molar-refractivity contribution in [2.24, 2.45) is 5.92 Å². The summed E-state index contributed by atoms with van der Waals surface area (Å²) in [5.41, 5.74) is 6.53. The van der Waals surface area contributed by atoms with Gasteiger partial charge in [-0.3, -0.25) is 9.59 Å². The van der Waals surface area contributed by atoms with E-state index in [0.29, 0.717) is 11.3 Å². The number of hydrogen-bond acceptors (Lipinski definition) is 3. The van der Waals surface area contributed by atoms with Crippen molar-refractivity contribution in [1.29, 1.82) is 0 Å². The summed E-state index contributed by atoms with van der Waals surface area (Å²) in [5.74, 6) is -1.49. The molecule has 0 spiro atoms. The first-order valence-corrected chi connectivity index (χ1v) is 4.96. The fourth-order valence-corrected chi connectivity index (χ4v) is 1.66. The number of likely N-dealkylation sites (tertiary alicyclic amines) is 1. The number of para-hydroxylation sites is 1. The number of amides is 1. The first kappa shape index (κ1) is 10.5. The van der Waals surface area contributed by atoms with Crippen molar-refractivity contribution in [2.75, 3.05) is 18.8 Å². The lowest BCUT2D eigenvalue weighted by Crippen LogP contribution is -2.53. The minimum atomic E-state index is -0.856. The Balaban J connectivity index is 2.06. The van der Waals surface area contributed by atoms with Gasteiger partial charge in [-0.1, -0.05) is 12.1 Å². The highest BCUT2D eigenvalue weighted by atomic mass is 16.4. The van der Waals surface area contributed by atoms with Crippen molar-refractivity contribution >= 4 is 17.6 Å². The van der Waals surface area contributed by atoms with Crippen molar-refractivity contribution in [2.45, 2.75) is 0 Å². The van der Waals surface area contributed by atoms with Gasteiger partial charge >= 0.3 is 5.97 Å². The zero-order valence-corrected chi connectivity index (χ0v) is 8.59. The summed E-state index contributed by atoms with van der Waals surface area (Å²) in [6.07, 6.45) is 0. The summed E-state index contributed by atoms with van der Waals surface area (Å²) in [6, 6.07) is 6.79. The third kappa shape index (κ3) is 1.71. The number of nitrogen functional groups attached to an aromatic ring is 1. The molecule has 0 atom stereocenters. The van der Waals surface area contributed by atoms with Gasteiger partial charge in [0.15, 0.2) is 0 Å². The molecule has 0 saturated carbocycles. The van der Waals surface area contributed by atoms with Gasteiger partial charge in [0.2, 0.25) is 0 Å². The lowest BCUT2D eigenvalue weighted by atomic mass is 9.99. The Hall–Kier alpha value is -2.04. The summed E-state index contributed by atoms with van der Waals surface area (Å²) in [5, 5.41) is 8.70. The third-order valence-electron chi connectivity index (χ3n) is 2.71.